The molecule has 8 heteroatoms. The molecule has 0 aliphatic heterocycles. The molecule has 6 nitrogen and oxygen atoms in total. The van der Waals surface area contributed by atoms with Gasteiger partial charge in [0, 0.05) is 11.3 Å². The minimum Gasteiger partial charge on any atom is -0.338 e. The molecule has 4 aromatic rings. The standard InChI is InChI=1S/C19H16FN5OS/c1-12-3-5-14(6-4-12)18-21-17(26-24-18)11-27-19-23-22-13(2)25(19)16-9-7-15(20)8-10-16/h3-10H,11H2,1-2H3. The van der Waals surface area contributed by atoms with Crippen molar-refractivity contribution in [1.29, 1.82) is 0 Å². The second kappa shape index (κ2) is 7.32. The molecular formula is C19H16FN5OS. The Morgan fingerprint density at radius 1 is 1.00 bits per heavy atom. The maximum absolute atomic E-state index is 13.2. The molecule has 0 bridgehead atoms. The van der Waals surface area contributed by atoms with Crippen LogP contribution in [0.2, 0.25) is 0 Å². The molecule has 136 valence electrons. The first kappa shape index (κ1) is 17.4. The molecule has 0 atom stereocenters. The van der Waals surface area contributed by atoms with E-state index in [-0.39, 0.29) is 5.82 Å². The Hall–Kier alpha value is -3.00. The van der Waals surface area contributed by atoms with Gasteiger partial charge in [-0.15, -0.1) is 10.2 Å². The highest BCUT2D eigenvalue weighted by atomic mass is 32.2. The van der Waals surface area contributed by atoms with Crippen LogP contribution in [0.25, 0.3) is 17.1 Å². The van der Waals surface area contributed by atoms with E-state index in [0.717, 1.165) is 17.1 Å². The van der Waals surface area contributed by atoms with Gasteiger partial charge >= 0.3 is 0 Å². The molecule has 0 aliphatic rings. The average Bonchev–Trinajstić information content (AvgIpc) is 3.28. The third-order valence-corrected chi connectivity index (χ3v) is 4.90. The van der Waals surface area contributed by atoms with E-state index in [1.165, 1.54) is 29.5 Å². The van der Waals surface area contributed by atoms with Crippen molar-refractivity contribution in [1.82, 2.24) is 24.9 Å². The molecular weight excluding hydrogens is 365 g/mol. The van der Waals surface area contributed by atoms with Crippen molar-refractivity contribution in [2.75, 3.05) is 0 Å². The van der Waals surface area contributed by atoms with Crippen LogP contribution in [-0.4, -0.2) is 24.9 Å². The Labute approximate surface area is 159 Å². The van der Waals surface area contributed by atoms with E-state index >= 15 is 0 Å². The fourth-order valence-corrected chi connectivity index (χ4v) is 3.42. The van der Waals surface area contributed by atoms with Gasteiger partial charge in [-0.25, -0.2) is 4.39 Å². The van der Waals surface area contributed by atoms with Gasteiger partial charge in [0.2, 0.25) is 11.7 Å². The molecule has 0 fully saturated rings. The quantitative estimate of drug-likeness (QED) is 0.478. The van der Waals surface area contributed by atoms with Gasteiger partial charge in [0.05, 0.1) is 5.75 Å². The van der Waals surface area contributed by atoms with Crippen LogP contribution in [0, 0.1) is 19.7 Å². The lowest BCUT2D eigenvalue weighted by Gasteiger charge is -2.07. The van der Waals surface area contributed by atoms with E-state index in [1.807, 2.05) is 42.7 Å². The van der Waals surface area contributed by atoms with Gasteiger partial charge in [-0.05, 0) is 38.1 Å². The summed E-state index contributed by atoms with van der Waals surface area (Å²) in [6, 6.07) is 14.2. The number of aryl methyl sites for hydroxylation is 2. The van der Waals surface area contributed by atoms with E-state index in [0.29, 0.717) is 22.6 Å². The Balaban J connectivity index is 1.51. The maximum atomic E-state index is 13.2. The van der Waals surface area contributed by atoms with E-state index in [1.54, 1.807) is 12.1 Å². The minimum absolute atomic E-state index is 0.284. The van der Waals surface area contributed by atoms with Crippen molar-refractivity contribution in [3.8, 4) is 17.1 Å². The van der Waals surface area contributed by atoms with Crippen molar-refractivity contribution in [2.45, 2.75) is 24.8 Å². The van der Waals surface area contributed by atoms with E-state index in [9.17, 15) is 4.39 Å². The summed E-state index contributed by atoms with van der Waals surface area (Å²) >= 11 is 1.43. The predicted molar refractivity (Wildman–Crippen MR) is 100 cm³/mol. The zero-order chi connectivity index (χ0) is 18.8. The fourth-order valence-electron chi connectivity index (χ4n) is 2.58. The van der Waals surface area contributed by atoms with Crippen molar-refractivity contribution >= 4 is 11.8 Å². The number of halogens is 1. The van der Waals surface area contributed by atoms with Crippen molar-refractivity contribution in [3.63, 3.8) is 0 Å². The summed E-state index contributed by atoms with van der Waals surface area (Å²) in [4.78, 5) is 4.44. The molecule has 0 saturated heterocycles. The lowest BCUT2D eigenvalue weighted by molar-refractivity contribution is 0.391. The van der Waals surface area contributed by atoms with E-state index in [2.05, 4.69) is 20.3 Å². The number of rotatable bonds is 5. The summed E-state index contributed by atoms with van der Waals surface area (Å²) in [7, 11) is 0. The normalized spacial score (nSPS) is 11.1. The van der Waals surface area contributed by atoms with Crippen LogP contribution in [0.1, 0.15) is 17.3 Å². The third-order valence-electron chi connectivity index (χ3n) is 3.98. The molecule has 0 spiro atoms. The van der Waals surface area contributed by atoms with Crippen molar-refractivity contribution < 1.29 is 8.91 Å². The highest BCUT2D eigenvalue weighted by Gasteiger charge is 2.14. The highest BCUT2D eigenvalue weighted by Crippen LogP contribution is 2.26. The molecule has 4 rings (SSSR count). The number of nitrogens with zero attached hydrogens (tertiary/aromatic N) is 5. The second-order valence-electron chi connectivity index (χ2n) is 6.01. The molecule has 0 saturated carbocycles. The van der Waals surface area contributed by atoms with Gasteiger partial charge in [0.25, 0.3) is 0 Å². The lowest BCUT2D eigenvalue weighted by Crippen LogP contribution is -1.99. The maximum Gasteiger partial charge on any atom is 0.237 e. The molecule has 2 aromatic carbocycles. The highest BCUT2D eigenvalue weighted by molar-refractivity contribution is 7.98. The molecule has 0 aliphatic carbocycles. The van der Waals surface area contributed by atoms with E-state index in [4.69, 9.17) is 4.52 Å². The lowest BCUT2D eigenvalue weighted by atomic mass is 10.1. The Kier molecular flexibility index (Phi) is 4.72. The summed E-state index contributed by atoms with van der Waals surface area (Å²) in [5, 5.41) is 13.0. The number of hydrogen-bond donors (Lipinski definition) is 0. The SMILES string of the molecule is Cc1ccc(-c2noc(CSc3nnc(C)n3-c3ccc(F)cc3)n2)cc1. The molecule has 0 unspecified atom stereocenters. The first-order chi connectivity index (χ1) is 13.1. The zero-order valence-electron chi connectivity index (χ0n) is 14.8. The number of thioether (sulfide) groups is 1. The Bertz CT molecular complexity index is 1060. The van der Waals surface area contributed by atoms with Crippen LogP contribution in [-0.2, 0) is 5.75 Å². The predicted octanol–water partition coefficient (Wildman–Crippen LogP) is 4.37. The first-order valence-corrected chi connectivity index (χ1v) is 9.29. The second-order valence-corrected chi connectivity index (χ2v) is 6.95. The van der Waals surface area contributed by atoms with Crippen LogP contribution in [0.5, 0.6) is 0 Å². The summed E-state index contributed by atoms with van der Waals surface area (Å²) in [5.74, 6) is 1.95. The Morgan fingerprint density at radius 2 is 1.74 bits per heavy atom. The molecule has 0 amide bonds. The number of hydrogen-bond acceptors (Lipinski definition) is 6. The van der Waals surface area contributed by atoms with E-state index < -0.39 is 0 Å². The largest absolute Gasteiger partial charge is 0.338 e. The number of aromatic nitrogens is 5. The third kappa shape index (κ3) is 3.75. The van der Waals surface area contributed by atoms with Gasteiger partial charge in [-0.2, -0.15) is 4.98 Å². The molecule has 2 heterocycles. The minimum atomic E-state index is -0.284. The molecule has 27 heavy (non-hydrogen) atoms. The van der Waals surface area contributed by atoms with Gasteiger partial charge in [0.15, 0.2) is 5.16 Å². The summed E-state index contributed by atoms with van der Waals surface area (Å²) < 4.78 is 20.4. The van der Waals surface area contributed by atoms with Gasteiger partial charge in [-0.3, -0.25) is 4.57 Å². The zero-order valence-corrected chi connectivity index (χ0v) is 15.6. The molecule has 0 N–H and O–H groups in total. The van der Waals surface area contributed by atoms with Crippen LogP contribution < -0.4 is 0 Å². The Morgan fingerprint density at radius 3 is 2.48 bits per heavy atom. The summed E-state index contributed by atoms with van der Waals surface area (Å²) in [5.41, 5.74) is 2.88. The van der Waals surface area contributed by atoms with Gasteiger partial charge in [0.1, 0.15) is 11.6 Å². The van der Waals surface area contributed by atoms with Crippen LogP contribution in [0.4, 0.5) is 4.39 Å². The van der Waals surface area contributed by atoms with Gasteiger partial charge in [-0.1, -0.05) is 46.7 Å². The smallest absolute Gasteiger partial charge is 0.237 e. The van der Waals surface area contributed by atoms with Crippen LogP contribution in [0.15, 0.2) is 58.2 Å². The fraction of sp³-hybridized carbons (Fsp3) is 0.158. The van der Waals surface area contributed by atoms with Crippen molar-refractivity contribution in [2.24, 2.45) is 0 Å². The molecule has 0 radical (unpaired) electrons. The number of benzene rings is 2. The van der Waals surface area contributed by atoms with Crippen LogP contribution in [0.3, 0.4) is 0 Å². The van der Waals surface area contributed by atoms with Crippen LogP contribution >= 0.6 is 11.8 Å². The molecule has 2 aromatic heterocycles. The van der Waals surface area contributed by atoms with Gasteiger partial charge < -0.3 is 4.52 Å². The topological polar surface area (TPSA) is 69.6 Å². The monoisotopic (exact) mass is 381 g/mol. The summed E-state index contributed by atoms with van der Waals surface area (Å²) in [6.45, 7) is 3.88. The average molecular weight is 381 g/mol. The van der Waals surface area contributed by atoms with Crippen molar-refractivity contribution in [3.05, 3.63) is 71.6 Å². The summed E-state index contributed by atoms with van der Waals surface area (Å²) in [6.07, 6.45) is 0. The first-order valence-electron chi connectivity index (χ1n) is 8.30.